The van der Waals surface area contributed by atoms with Crippen molar-refractivity contribution in [3.8, 4) is 11.1 Å². The van der Waals surface area contributed by atoms with Gasteiger partial charge in [-0.15, -0.1) is 0 Å². The second-order valence-corrected chi connectivity index (χ2v) is 6.10. The summed E-state index contributed by atoms with van der Waals surface area (Å²) in [6, 6.07) is 10.4. The summed E-state index contributed by atoms with van der Waals surface area (Å²) < 4.78 is 0. The number of nitrogens with one attached hydrogen (secondary N) is 1. The van der Waals surface area contributed by atoms with Gasteiger partial charge in [0, 0.05) is 35.9 Å². The molecule has 3 heterocycles. The van der Waals surface area contributed by atoms with Crippen LogP contribution in [0.15, 0.2) is 52.6 Å². The van der Waals surface area contributed by atoms with Gasteiger partial charge in [0.1, 0.15) is 5.84 Å². The van der Waals surface area contributed by atoms with Crippen LogP contribution >= 0.6 is 11.8 Å². The quantitative estimate of drug-likeness (QED) is 0.878. The molecule has 0 saturated carbocycles. The van der Waals surface area contributed by atoms with Crippen molar-refractivity contribution in [2.24, 2.45) is 4.99 Å². The average molecular weight is 294 g/mol. The first kappa shape index (κ1) is 12.6. The number of aliphatic imine (C=N–C) groups is 1. The van der Waals surface area contributed by atoms with Crippen molar-refractivity contribution < 1.29 is 0 Å². The zero-order valence-electron chi connectivity index (χ0n) is 11.4. The highest BCUT2D eigenvalue weighted by molar-refractivity contribution is 8.14. The zero-order chi connectivity index (χ0) is 14.2. The lowest BCUT2D eigenvalue weighted by Crippen LogP contribution is -2.42. The first-order valence-electron chi connectivity index (χ1n) is 6.96. The molecule has 0 atom stereocenters. The van der Waals surface area contributed by atoms with E-state index < -0.39 is 0 Å². The molecule has 0 spiro atoms. The molecule has 1 aromatic carbocycles. The molecule has 1 N–H and O–H groups in total. The Morgan fingerprint density at radius 1 is 1.10 bits per heavy atom. The second kappa shape index (κ2) is 5.00. The molecule has 0 aliphatic carbocycles. The third kappa shape index (κ3) is 2.14. The molecular weight excluding hydrogens is 280 g/mol. The summed E-state index contributed by atoms with van der Waals surface area (Å²) in [5.74, 6) is 0.960. The highest BCUT2D eigenvalue weighted by Gasteiger charge is 2.29. The van der Waals surface area contributed by atoms with Crippen molar-refractivity contribution in [1.82, 2.24) is 9.88 Å². The Hall–Kier alpha value is -2.14. The standard InChI is InChI=1S/C16H14N4S/c17-16-20-9-1-6-19-15(20)13-3-2-12(10-14(13)21-16)11-4-7-18-8-5-11/h2-5,7-8,10,17H,1,6,9H2. The van der Waals surface area contributed by atoms with Gasteiger partial charge in [-0.05, 0) is 41.8 Å². The molecule has 1 aromatic heterocycles. The molecule has 2 aliphatic heterocycles. The van der Waals surface area contributed by atoms with Crippen molar-refractivity contribution in [1.29, 1.82) is 5.41 Å². The van der Waals surface area contributed by atoms with Crippen molar-refractivity contribution in [2.75, 3.05) is 13.1 Å². The van der Waals surface area contributed by atoms with Gasteiger partial charge in [-0.1, -0.05) is 17.8 Å². The Bertz CT molecular complexity index is 739. The van der Waals surface area contributed by atoms with Crippen molar-refractivity contribution >= 4 is 22.8 Å². The van der Waals surface area contributed by atoms with Crippen LogP contribution in [0.4, 0.5) is 0 Å². The minimum absolute atomic E-state index is 0.577. The van der Waals surface area contributed by atoms with Crippen LogP contribution < -0.4 is 0 Å². The van der Waals surface area contributed by atoms with Crippen LogP contribution in [0.2, 0.25) is 0 Å². The number of aromatic nitrogens is 1. The average Bonchev–Trinajstić information content (AvgIpc) is 2.55. The van der Waals surface area contributed by atoms with E-state index in [1.54, 1.807) is 12.4 Å². The summed E-state index contributed by atoms with van der Waals surface area (Å²) >= 11 is 1.52. The van der Waals surface area contributed by atoms with Gasteiger partial charge < -0.3 is 4.90 Å². The van der Waals surface area contributed by atoms with E-state index in [2.05, 4.69) is 28.2 Å². The maximum Gasteiger partial charge on any atom is 0.166 e. The fourth-order valence-electron chi connectivity index (χ4n) is 2.71. The third-order valence-corrected chi connectivity index (χ3v) is 4.72. The Labute approximate surface area is 127 Å². The number of benzene rings is 1. The second-order valence-electron chi connectivity index (χ2n) is 5.06. The summed E-state index contributed by atoms with van der Waals surface area (Å²) in [6.07, 6.45) is 4.63. The van der Waals surface area contributed by atoms with E-state index in [-0.39, 0.29) is 0 Å². The monoisotopic (exact) mass is 294 g/mol. The predicted molar refractivity (Wildman–Crippen MR) is 86.0 cm³/mol. The smallest absolute Gasteiger partial charge is 0.166 e. The minimum Gasteiger partial charge on any atom is -0.305 e. The summed E-state index contributed by atoms with van der Waals surface area (Å²) in [4.78, 5) is 11.8. The number of hydrogen-bond donors (Lipinski definition) is 1. The van der Waals surface area contributed by atoms with Crippen LogP contribution in [0.1, 0.15) is 12.0 Å². The number of amidine groups is 2. The molecule has 0 bridgehead atoms. The number of hydrogen-bond acceptors (Lipinski definition) is 4. The van der Waals surface area contributed by atoms with Gasteiger partial charge in [-0.3, -0.25) is 15.4 Å². The zero-order valence-corrected chi connectivity index (χ0v) is 12.2. The molecule has 5 heteroatoms. The third-order valence-electron chi connectivity index (χ3n) is 3.75. The topological polar surface area (TPSA) is 52.3 Å². The van der Waals surface area contributed by atoms with E-state index in [0.717, 1.165) is 46.9 Å². The number of nitrogens with zero attached hydrogens (tertiary/aromatic N) is 3. The maximum atomic E-state index is 8.22. The first-order valence-corrected chi connectivity index (χ1v) is 7.78. The van der Waals surface area contributed by atoms with Crippen molar-refractivity contribution in [2.45, 2.75) is 11.3 Å². The molecule has 0 unspecified atom stereocenters. The number of rotatable bonds is 1. The Kier molecular flexibility index (Phi) is 3.00. The molecule has 2 aromatic rings. The van der Waals surface area contributed by atoms with Gasteiger partial charge >= 0.3 is 0 Å². The van der Waals surface area contributed by atoms with Gasteiger partial charge in [0.2, 0.25) is 0 Å². The highest BCUT2D eigenvalue weighted by atomic mass is 32.2. The van der Waals surface area contributed by atoms with Gasteiger partial charge in [0.25, 0.3) is 0 Å². The summed E-state index contributed by atoms with van der Waals surface area (Å²) in [7, 11) is 0. The molecule has 2 aliphatic rings. The molecule has 104 valence electrons. The van der Waals surface area contributed by atoms with Crippen LogP contribution in [-0.4, -0.2) is 34.0 Å². The molecule has 0 amide bonds. The van der Waals surface area contributed by atoms with E-state index in [4.69, 9.17) is 5.41 Å². The Morgan fingerprint density at radius 3 is 2.81 bits per heavy atom. The first-order chi connectivity index (χ1) is 10.3. The Morgan fingerprint density at radius 2 is 1.95 bits per heavy atom. The predicted octanol–water partition coefficient (Wildman–Crippen LogP) is 3.24. The molecular formula is C16H14N4S. The van der Waals surface area contributed by atoms with Crippen LogP contribution in [0.25, 0.3) is 11.1 Å². The number of pyridine rings is 1. The molecule has 0 fully saturated rings. The van der Waals surface area contributed by atoms with E-state index in [9.17, 15) is 0 Å². The van der Waals surface area contributed by atoms with E-state index >= 15 is 0 Å². The van der Waals surface area contributed by atoms with Gasteiger partial charge in [0.05, 0.1) is 0 Å². The summed E-state index contributed by atoms with van der Waals surface area (Å²) in [5.41, 5.74) is 3.45. The highest BCUT2D eigenvalue weighted by Crippen LogP contribution is 2.36. The molecule has 0 saturated heterocycles. The summed E-state index contributed by atoms with van der Waals surface area (Å²) in [5, 5.41) is 8.79. The summed E-state index contributed by atoms with van der Waals surface area (Å²) in [6.45, 7) is 1.76. The maximum absolute atomic E-state index is 8.22. The molecule has 0 radical (unpaired) electrons. The van der Waals surface area contributed by atoms with Gasteiger partial charge in [0.15, 0.2) is 5.17 Å². The lowest BCUT2D eigenvalue weighted by molar-refractivity contribution is 0.552. The van der Waals surface area contributed by atoms with E-state index in [1.165, 1.54) is 11.8 Å². The molecule has 4 nitrogen and oxygen atoms in total. The molecule has 21 heavy (non-hydrogen) atoms. The minimum atomic E-state index is 0.577. The van der Waals surface area contributed by atoms with Gasteiger partial charge in [-0.2, -0.15) is 0 Å². The van der Waals surface area contributed by atoms with Crippen LogP contribution in [0.3, 0.4) is 0 Å². The lowest BCUT2D eigenvalue weighted by Gasteiger charge is -2.34. The van der Waals surface area contributed by atoms with Gasteiger partial charge in [-0.25, -0.2) is 0 Å². The molecule has 4 rings (SSSR count). The lowest BCUT2D eigenvalue weighted by atomic mass is 10.0. The fourth-order valence-corrected chi connectivity index (χ4v) is 3.66. The largest absolute Gasteiger partial charge is 0.305 e. The van der Waals surface area contributed by atoms with E-state index in [0.29, 0.717) is 5.17 Å². The van der Waals surface area contributed by atoms with Crippen LogP contribution in [0.5, 0.6) is 0 Å². The normalized spacial score (nSPS) is 17.0. The van der Waals surface area contributed by atoms with Crippen LogP contribution in [0, 0.1) is 5.41 Å². The van der Waals surface area contributed by atoms with E-state index in [1.807, 2.05) is 17.0 Å². The number of thioether (sulfide) groups is 1. The van der Waals surface area contributed by atoms with Crippen molar-refractivity contribution in [3.63, 3.8) is 0 Å². The Balaban J connectivity index is 1.82. The fraction of sp³-hybridized carbons (Fsp3) is 0.188. The SMILES string of the molecule is N=C1Sc2cc(-c3ccncc3)ccc2C2=NCCCN12. The number of fused-ring (bicyclic) bond motifs is 3. The van der Waals surface area contributed by atoms with Crippen LogP contribution in [-0.2, 0) is 0 Å². The van der Waals surface area contributed by atoms with Crippen molar-refractivity contribution in [3.05, 3.63) is 48.3 Å².